The highest BCUT2D eigenvalue weighted by atomic mass is 19.4. The molecule has 29 heavy (non-hydrogen) atoms. The van der Waals surface area contributed by atoms with Gasteiger partial charge in [-0.1, -0.05) is 20.8 Å². The summed E-state index contributed by atoms with van der Waals surface area (Å²) in [6.45, 7) is 5.18. The third-order valence-electron chi connectivity index (χ3n) is 4.05. The van der Waals surface area contributed by atoms with E-state index in [1.807, 2.05) is 0 Å². The van der Waals surface area contributed by atoms with Gasteiger partial charge in [-0.05, 0) is 18.2 Å². The van der Waals surface area contributed by atoms with Gasteiger partial charge in [0.2, 0.25) is 0 Å². The predicted octanol–water partition coefficient (Wildman–Crippen LogP) is 4.21. The van der Waals surface area contributed by atoms with Crippen molar-refractivity contribution < 1.29 is 22.9 Å². The number of halogens is 3. The Balaban J connectivity index is 1.99. The molecule has 0 aliphatic rings. The van der Waals surface area contributed by atoms with Crippen LogP contribution in [0, 0.1) is 10.1 Å². The molecule has 3 rings (SSSR count). The zero-order valence-corrected chi connectivity index (χ0v) is 15.6. The lowest BCUT2D eigenvalue weighted by atomic mass is 9.91. The van der Waals surface area contributed by atoms with Crippen LogP contribution in [0.4, 0.5) is 24.5 Å². The lowest BCUT2D eigenvalue weighted by Crippen LogP contribution is -2.20. The summed E-state index contributed by atoms with van der Waals surface area (Å²) in [7, 11) is 0. The number of carbonyl (C=O) groups excluding carboxylic acids is 1. The number of nitro groups is 1. The maximum atomic E-state index is 13.5. The molecular weight excluding hydrogens is 391 g/mol. The fraction of sp³-hybridized carbons (Fsp3) is 0.278. The normalized spacial score (nSPS) is 12.2. The number of aromatic nitrogens is 3. The molecule has 1 amide bonds. The number of nitro benzene ring substituents is 1. The average Bonchev–Trinajstić information content (AvgIpc) is 3.03. The Bertz CT molecular complexity index is 1100. The number of anilines is 1. The van der Waals surface area contributed by atoms with Crippen molar-refractivity contribution in [3.05, 3.63) is 63.6 Å². The van der Waals surface area contributed by atoms with Crippen LogP contribution in [0.1, 0.15) is 42.6 Å². The van der Waals surface area contributed by atoms with Gasteiger partial charge in [0.1, 0.15) is 5.69 Å². The number of hydrogen-bond acceptors (Lipinski definition) is 5. The molecule has 0 spiro atoms. The van der Waals surface area contributed by atoms with Crippen molar-refractivity contribution in [3.63, 3.8) is 0 Å². The lowest BCUT2D eigenvalue weighted by molar-refractivity contribution is -0.384. The second-order valence-electron chi connectivity index (χ2n) is 7.33. The number of carbonyl (C=O) groups is 1. The molecule has 2 heterocycles. The molecule has 0 aliphatic heterocycles. The summed E-state index contributed by atoms with van der Waals surface area (Å²) >= 11 is 0. The first-order valence-electron chi connectivity index (χ1n) is 8.40. The molecule has 1 aromatic carbocycles. The highest BCUT2D eigenvalue weighted by Gasteiger charge is 2.36. The molecule has 152 valence electrons. The summed E-state index contributed by atoms with van der Waals surface area (Å²) in [4.78, 5) is 26.7. The second-order valence-corrected chi connectivity index (χ2v) is 7.33. The Morgan fingerprint density at radius 2 is 1.76 bits per heavy atom. The van der Waals surface area contributed by atoms with Gasteiger partial charge in [0, 0.05) is 29.3 Å². The highest BCUT2D eigenvalue weighted by molar-refractivity contribution is 6.03. The smallest absolute Gasteiger partial charge is 0.321 e. The molecule has 0 saturated carbocycles. The summed E-state index contributed by atoms with van der Waals surface area (Å²) in [6, 6.07) is 7.07. The SMILES string of the molecule is CC(C)(C)c1cc(C(F)(F)F)n2nc(C(=O)Nc3ccc([N+](=O)[O-])cc3)cc2n1. The van der Waals surface area contributed by atoms with Crippen LogP contribution in [0.5, 0.6) is 0 Å². The van der Waals surface area contributed by atoms with E-state index in [1.54, 1.807) is 20.8 Å². The van der Waals surface area contributed by atoms with Crippen molar-refractivity contribution in [1.29, 1.82) is 0 Å². The largest absolute Gasteiger partial charge is 0.433 e. The van der Waals surface area contributed by atoms with E-state index in [-0.39, 0.29) is 28.4 Å². The molecule has 0 fully saturated rings. The minimum Gasteiger partial charge on any atom is -0.321 e. The van der Waals surface area contributed by atoms with Crippen LogP contribution in [0.25, 0.3) is 5.65 Å². The van der Waals surface area contributed by atoms with E-state index < -0.39 is 28.1 Å². The van der Waals surface area contributed by atoms with Crippen LogP contribution in [0.15, 0.2) is 36.4 Å². The molecule has 0 unspecified atom stereocenters. The molecule has 11 heteroatoms. The predicted molar refractivity (Wildman–Crippen MR) is 97.7 cm³/mol. The number of non-ortho nitro benzene ring substituents is 1. The van der Waals surface area contributed by atoms with Gasteiger partial charge >= 0.3 is 6.18 Å². The summed E-state index contributed by atoms with van der Waals surface area (Å²) in [5, 5.41) is 16.9. The molecule has 2 aromatic heterocycles. The number of hydrogen-bond donors (Lipinski definition) is 1. The van der Waals surface area contributed by atoms with E-state index in [1.165, 1.54) is 24.3 Å². The summed E-state index contributed by atoms with van der Waals surface area (Å²) in [5.41, 5.74) is -1.79. The fourth-order valence-electron chi connectivity index (χ4n) is 2.53. The second kappa shape index (κ2) is 6.83. The van der Waals surface area contributed by atoms with Gasteiger partial charge in [0.25, 0.3) is 11.6 Å². The number of fused-ring (bicyclic) bond motifs is 1. The average molecular weight is 407 g/mol. The highest BCUT2D eigenvalue weighted by Crippen LogP contribution is 2.32. The minimum absolute atomic E-state index is 0.112. The van der Waals surface area contributed by atoms with Gasteiger partial charge in [-0.15, -0.1) is 0 Å². The first kappa shape index (κ1) is 20.2. The Morgan fingerprint density at radius 3 is 2.28 bits per heavy atom. The molecule has 1 N–H and O–H groups in total. The molecule has 0 saturated heterocycles. The Morgan fingerprint density at radius 1 is 1.14 bits per heavy atom. The minimum atomic E-state index is -4.70. The van der Waals surface area contributed by atoms with Crippen LogP contribution in [-0.4, -0.2) is 25.4 Å². The van der Waals surface area contributed by atoms with Crippen molar-refractivity contribution in [2.45, 2.75) is 32.4 Å². The van der Waals surface area contributed by atoms with Gasteiger partial charge in [0.05, 0.1) is 10.6 Å². The van der Waals surface area contributed by atoms with E-state index in [4.69, 9.17) is 0 Å². The standard InChI is InChI=1S/C18H16F3N5O3/c1-17(2,3)13-9-14(18(19,20)21)25-15(23-13)8-12(24-25)16(27)22-10-4-6-11(7-5-10)26(28)29/h4-9H,1-3H3,(H,22,27). The third-order valence-corrected chi connectivity index (χ3v) is 4.05. The monoisotopic (exact) mass is 407 g/mol. The van der Waals surface area contributed by atoms with Gasteiger partial charge in [-0.3, -0.25) is 14.9 Å². The third kappa shape index (κ3) is 4.18. The molecule has 0 atom stereocenters. The van der Waals surface area contributed by atoms with Crippen molar-refractivity contribution in [2.24, 2.45) is 0 Å². The molecule has 3 aromatic rings. The number of rotatable bonds is 3. The fourth-order valence-corrected chi connectivity index (χ4v) is 2.53. The number of nitrogens with zero attached hydrogens (tertiary/aromatic N) is 4. The summed E-state index contributed by atoms with van der Waals surface area (Å²) < 4.78 is 41.1. The van der Waals surface area contributed by atoms with E-state index >= 15 is 0 Å². The Hall–Kier alpha value is -3.50. The quantitative estimate of drug-likeness (QED) is 0.518. The van der Waals surface area contributed by atoms with E-state index in [9.17, 15) is 28.1 Å². The van der Waals surface area contributed by atoms with Crippen molar-refractivity contribution in [3.8, 4) is 0 Å². The van der Waals surface area contributed by atoms with E-state index in [0.29, 0.717) is 4.52 Å². The Kier molecular flexibility index (Phi) is 4.77. The van der Waals surface area contributed by atoms with Crippen molar-refractivity contribution in [1.82, 2.24) is 14.6 Å². The lowest BCUT2D eigenvalue weighted by Gasteiger charge is -2.19. The first-order chi connectivity index (χ1) is 13.4. The molecular formula is C18H16F3N5O3. The zero-order valence-electron chi connectivity index (χ0n) is 15.6. The molecule has 0 bridgehead atoms. The van der Waals surface area contributed by atoms with Crippen molar-refractivity contribution >= 4 is 22.9 Å². The number of amides is 1. The van der Waals surface area contributed by atoms with Gasteiger partial charge in [0.15, 0.2) is 11.3 Å². The maximum absolute atomic E-state index is 13.5. The van der Waals surface area contributed by atoms with Crippen molar-refractivity contribution in [2.75, 3.05) is 5.32 Å². The summed E-state index contributed by atoms with van der Waals surface area (Å²) in [6.07, 6.45) is -4.70. The van der Waals surface area contributed by atoms with Gasteiger partial charge < -0.3 is 5.32 Å². The van der Waals surface area contributed by atoms with E-state index in [2.05, 4.69) is 15.4 Å². The molecule has 0 aliphatic carbocycles. The first-order valence-corrected chi connectivity index (χ1v) is 8.40. The van der Waals surface area contributed by atoms with Gasteiger partial charge in [-0.25, -0.2) is 9.50 Å². The van der Waals surface area contributed by atoms with Crippen LogP contribution in [0.3, 0.4) is 0 Å². The summed E-state index contributed by atoms with van der Waals surface area (Å²) in [5.74, 6) is -0.769. The van der Waals surface area contributed by atoms with Gasteiger partial charge in [-0.2, -0.15) is 18.3 Å². The maximum Gasteiger partial charge on any atom is 0.433 e. The van der Waals surface area contributed by atoms with Crippen LogP contribution < -0.4 is 5.32 Å². The molecule has 8 nitrogen and oxygen atoms in total. The Labute approximate surface area is 162 Å². The topological polar surface area (TPSA) is 102 Å². The van der Waals surface area contributed by atoms with Crippen LogP contribution in [-0.2, 0) is 11.6 Å². The zero-order chi connectivity index (χ0) is 21.6. The number of alkyl halides is 3. The van der Waals surface area contributed by atoms with E-state index in [0.717, 1.165) is 12.1 Å². The number of nitrogens with one attached hydrogen (secondary N) is 1. The number of benzene rings is 1. The molecule has 0 radical (unpaired) electrons. The van der Waals surface area contributed by atoms with Crippen LogP contribution in [0.2, 0.25) is 0 Å². The van der Waals surface area contributed by atoms with Crippen LogP contribution >= 0.6 is 0 Å².